The molecule has 1 rings (SSSR count). The number of carbonyl (C=O) groups is 1. The summed E-state index contributed by atoms with van der Waals surface area (Å²) < 4.78 is 9.29. The van der Waals surface area contributed by atoms with E-state index in [1.165, 1.54) is 13.4 Å². The Hall–Kier alpha value is -1.45. The number of nitrogens with one attached hydrogen (secondary N) is 1. The van der Waals surface area contributed by atoms with Crippen molar-refractivity contribution < 1.29 is 13.9 Å². The molecule has 1 aromatic rings. The fraction of sp³-hybridized carbons (Fsp3) is 0.286. The van der Waals surface area contributed by atoms with Crippen molar-refractivity contribution in [2.75, 3.05) is 12.4 Å². The third kappa shape index (κ3) is 1.73. The largest absolute Gasteiger partial charge is 0.453 e. The molecular weight excluding hydrogens is 146 g/mol. The molecule has 0 aliphatic heterocycles. The molecule has 0 aliphatic rings. The molecule has 11 heavy (non-hydrogen) atoms. The maximum atomic E-state index is 10.6. The lowest BCUT2D eigenvalue weighted by Gasteiger charge is -1.99. The summed E-state index contributed by atoms with van der Waals surface area (Å²) in [5.41, 5.74) is 0.871. The topological polar surface area (TPSA) is 51.5 Å². The number of methoxy groups -OCH3 is 1. The van der Waals surface area contributed by atoms with Crippen LogP contribution in [0.5, 0.6) is 0 Å². The van der Waals surface area contributed by atoms with E-state index in [1.54, 1.807) is 6.07 Å². The number of aryl methyl sites for hydroxylation is 1. The number of ether oxygens (including phenoxy) is 1. The Morgan fingerprint density at radius 2 is 2.45 bits per heavy atom. The van der Waals surface area contributed by atoms with E-state index in [9.17, 15) is 4.79 Å². The van der Waals surface area contributed by atoms with Crippen LogP contribution in [0.15, 0.2) is 16.7 Å². The van der Waals surface area contributed by atoms with Crippen LogP contribution in [-0.2, 0) is 4.74 Å². The van der Waals surface area contributed by atoms with Crippen LogP contribution >= 0.6 is 0 Å². The molecule has 4 heteroatoms. The van der Waals surface area contributed by atoms with Crippen molar-refractivity contribution in [1.29, 1.82) is 0 Å². The van der Waals surface area contributed by atoms with Crippen molar-refractivity contribution in [2.45, 2.75) is 6.92 Å². The molecule has 0 aromatic carbocycles. The van der Waals surface area contributed by atoms with Crippen LogP contribution < -0.4 is 5.32 Å². The summed E-state index contributed by atoms with van der Waals surface area (Å²) >= 11 is 0. The van der Waals surface area contributed by atoms with Gasteiger partial charge in [0.25, 0.3) is 0 Å². The Balaban J connectivity index is 2.64. The second-order valence-corrected chi connectivity index (χ2v) is 2.05. The van der Waals surface area contributed by atoms with Gasteiger partial charge in [-0.1, -0.05) is 0 Å². The average molecular weight is 155 g/mol. The summed E-state index contributed by atoms with van der Waals surface area (Å²) in [4.78, 5) is 10.6. The first-order valence-corrected chi connectivity index (χ1v) is 3.13. The zero-order chi connectivity index (χ0) is 8.27. The zero-order valence-electron chi connectivity index (χ0n) is 6.38. The summed E-state index contributed by atoms with van der Waals surface area (Å²) in [6.45, 7) is 1.83. The molecule has 1 N–H and O–H groups in total. The van der Waals surface area contributed by atoms with Crippen LogP contribution in [0.4, 0.5) is 10.7 Å². The number of carbonyl (C=O) groups excluding carboxylic acids is 1. The second kappa shape index (κ2) is 3.09. The number of amides is 1. The van der Waals surface area contributed by atoms with Gasteiger partial charge in [-0.05, 0) is 13.0 Å². The van der Waals surface area contributed by atoms with Gasteiger partial charge >= 0.3 is 6.09 Å². The molecule has 4 nitrogen and oxygen atoms in total. The minimum absolute atomic E-state index is 0.428. The van der Waals surface area contributed by atoms with Crippen LogP contribution in [0.25, 0.3) is 0 Å². The molecule has 1 heterocycles. The lowest BCUT2D eigenvalue weighted by molar-refractivity contribution is 0.186. The summed E-state index contributed by atoms with van der Waals surface area (Å²) in [5.74, 6) is 0.428. The standard InChI is InChI=1S/C7H9NO3/c1-5-3-4-11-6(5)8-7(9)10-2/h3-4H,1-2H3,(H,8,9). The number of anilines is 1. The molecule has 1 amide bonds. The fourth-order valence-electron chi connectivity index (χ4n) is 0.645. The molecule has 0 aliphatic carbocycles. The Kier molecular flexibility index (Phi) is 2.15. The van der Waals surface area contributed by atoms with Gasteiger partial charge in [-0.2, -0.15) is 0 Å². The smallest absolute Gasteiger partial charge is 0.413 e. The number of hydrogen-bond donors (Lipinski definition) is 1. The van der Waals surface area contributed by atoms with E-state index in [-0.39, 0.29) is 0 Å². The molecule has 60 valence electrons. The first-order valence-electron chi connectivity index (χ1n) is 3.13. The Bertz CT molecular complexity index is 254. The summed E-state index contributed by atoms with van der Waals surface area (Å²) in [7, 11) is 1.30. The molecule has 1 aromatic heterocycles. The van der Waals surface area contributed by atoms with Crippen LogP contribution in [0.2, 0.25) is 0 Å². The third-order valence-corrected chi connectivity index (χ3v) is 1.26. The highest BCUT2D eigenvalue weighted by Crippen LogP contribution is 2.14. The quantitative estimate of drug-likeness (QED) is 0.672. The molecule has 0 bridgehead atoms. The van der Waals surface area contributed by atoms with Crippen molar-refractivity contribution in [1.82, 2.24) is 0 Å². The third-order valence-electron chi connectivity index (χ3n) is 1.26. The molecule has 0 saturated heterocycles. The van der Waals surface area contributed by atoms with Gasteiger partial charge in [0.2, 0.25) is 5.88 Å². The van der Waals surface area contributed by atoms with E-state index >= 15 is 0 Å². The van der Waals surface area contributed by atoms with Gasteiger partial charge in [-0.25, -0.2) is 4.79 Å². The lowest BCUT2D eigenvalue weighted by Crippen LogP contribution is -2.10. The molecule has 0 saturated carbocycles. The van der Waals surface area contributed by atoms with Crippen molar-refractivity contribution in [3.05, 3.63) is 17.9 Å². The summed E-state index contributed by atoms with van der Waals surface area (Å²) in [5, 5.41) is 2.41. The minimum Gasteiger partial charge on any atom is -0.453 e. The lowest BCUT2D eigenvalue weighted by atomic mass is 10.4. The van der Waals surface area contributed by atoms with Crippen molar-refractivity contribution in [3.8, 4) is 0 Å². The highest BCUT2D eigenvalue weighted by molar-refractivity contribution is 5.83. The fourth-order valence-corrected chi connectivity index (χ4v) is 0.645. The maximum absolute atomic E-state index is 10.6. The van der Waals surface area contributed by atoms with Gasteiger partial charge in [0.1, 0.15) is 0 Å². The van der Waals surface area contributed by atoms with Crippen LogP contribution in [0, 0.1) is 6.92 Å². The summed E-state index contributed by atoms with van der Waals surface area (Å²) in [6, 6.07) is 1.76. The van der Waals surface area contributed by atoms with Gasteiger partial charge in [-0.3, -0.25) is 5.32 Å². The van der Waals surface area contributed by atoms with Gasteiger partial charge in [0.15, 0.2) is 0 Å². The van der Waals surface area contributed by atoms with Gasteiger partial charge in [0, 0.05) is 5.56 Å². The first-order chi connectivity index (χ1) is 5.24. The van der Waals surface area contributed by atoms with E-state index < -0.39 is 6.09 Å². The van der Waals surface area contributed by atoms with Crippen molar-refractivity contribution >= 4 is 12.0 Å². The van der Waals surface area contributed by atoms with Crippen molar-refractivity contribution in [3.63, 3.8) is 0 Å². The molecule has 0 unspecified atom stereocenters. The van der Waals surface area contributed by atoms with Crippen LogP contribution in [0.1, 0.15) is 5.56 Å². The predicted octanol–water partition coefficient (Wildman–Crippen LogP) is 1.77. The van der Waals surface area contributed by atoms with Gasteiger partial charge in [0.05, 0.1) is 13.4 Å². The van der Waals surface area contributed by atoms with E-state index in [0.29, 0.717) is 5.88 Å². The van der Waals surface area contributed by atoms with E-state index in [4.69, 9.17) is 4.42 Å². The van der Waals surface area contributed by atoms with E-state index in [2.05, 4.69) is 10.1 Å². The van der Waals surface area contributed by atoms with E-state index in [1.807, 2.05) is 6.92 Å². The van der Waals surface area contributed by atoms with Gasteiger partial charge < -0.3 is 9.15 Å². The maximum Gasteiger partial charge on any atom is 0.413 e. The van der Waals surface area contributed by atoms with Crippen LogP contribution in [-0.4, -0.2) is 13.2 Å². The molecule has 0 atom stereocenters. The number of rotatable bonds is 1. The first kappa shape index (κ1) is 7.65. The monoisotopic (exact) mass is 155 g/mol. The predicted molar refractivity (Wildman–Crippen MR) is 39.5 cm³/mol. The number of furan rings is 1. The molecular formula is C7H9NO3. The Morgan fingerprint density at radius 1 is 1.73 bits per heavy atom. The Morgan fingerprint density at radius 3 is 2.91 bits per heavy atom. The minimum atomic E-state index is -0.525. The molecule has 0 fully saturated rings. The van der Waals surface area contributed by atoms with Crippen molar-refractivity contribution in [2.24, 2.45) is 0 Å². The molecule has 0 spiro atoms. The average Bonchev–Trinajstić information content (AvgIpc) is 2.37. The molecule has 0 radical (unpaired) electrons. The van der Waals surface area contributed by atoms with Crippen LogP contribution in [0.3, 0.4) is 0 Å². The second-order valence-electron chi connectivity index (χ2n) is 2.05. The highest BCUT2D eigenvalue weighted by atomic mass is 16.5. The van der Waals surface area contributed by atoms with Gasteiger partial charge in [-0.15, -0.1) is 0 Å². The zero-order valence-corrected chi connectivity index (χ0v) is 6.38. The number of hydrogen-bond acceptors (Lipinski definition) is 3. The summed E-state index contributed by atoms with van der Waals surface area (Å²) in [6.07, 6.45) is 0.976. The highest BCUT2D eigenvalue weighted by Gasteiger charge is 2.05. The Labute approximate surface area is 64.1 Å². The van der Waals surface area contributed by atoms with E-state index in [0.717, 1.165) is 5.56 Å². The normalized spacial score (nSPS) is 9.27. The SMILES string of the molecule is COC(=O)Nc1occc1C.